The summed E-state index contributed by atoms with van der Waals surface area (Å²) < 4.78 is 35.8. The van der Waals surface area contributed by atoms with Crippen molar-refractivity contribution in [2.45, 2.75) is 6.30 Å². The van der Waals surface area contributed by atoms with Gasteiger partial charge < -0.3 is 4.90 Å². The van der Waals surface area contributed by atoms with E-state index in [2.05, 4.69) is 9.98 Å². The molecule has 2 rings (SSSR count). The van der Waals surface area contributed by atoms with Gasteiger partial charge in [0.1, 0.15) is 13.0 Å². The summed E-state index contributed by atoms with van der Waals surface area (Å²) >= 11 is 11.7. The van der Waals surface area contributed by atoms with Crippen molar-refractivity contribution in [2.24, 2.45) is 9.98 Å². The molecule has 5 nitrogen and oxygen atoms in total. The van der Waals surface area contributed by atoms with E-state index in [1.165, 1.54) is 6.34 Å². The monoisotopic (exact) mass is 325 g/mol. The van der Waals surface area contributed by atoms with Crippen molar-refractivity contribution in [3.05, 3.63) is 28.2 Å². The molecule has 10 heteroatoms. The van der Waals surface area contributed by atoms with Crippen molar-refractivity contribution in [2.75, 3.05) is 11.6 Å². The zero-order chi connectivity index (χ0) is 14.8. The lowest BCUT2D eigenvalue weighted by atomic mass is 10.3. The van der Waals surface area contributed by atoms with Crippen LogP contribution in [0.15, 0.2) is 28.2 Å². The number of halogens is 5. The maximum absolute atomic E-state index is 11.9. The van der Waals surface area contributed by atoms with E-state index >= 15 is 0 Å². The Labute approximate surface area is 122 Å². The van der Waals surface area contributed by atoms with Crippen LogP contribution in [0, 0.1) is 0 Å². The molecule has 0 aromatic heterocycles. The number of aliphatic imine (C=N–C) groups is 2. The third kappa shape index (κ3) is 4.26. The van der Waals surface area contributed by atoms with Gasteiger partial charge >= 0.3 is 6.30 Å². The Morgan fingerprint density at radius 2 is 1.80 bits per heavy atom. The van der Waals surface area contributed by atoms with Crippen molar-refractivity contribution in [1.29, 1.82) is 0 Å². The molecule has 1 heterocycles. The standard InChI is InChI=1S/C10H8Cl2F3N5/c11-6-1-7(12)3-8(2-6)20-4-16-9(17-5-20)18-19-10(13,14)15/h1-4,19H,5H2,(H,17,18). The van der Waals surface area contributed by atoms with Crippen LogP contribution in [-0.2, 0) is 0 Å². The number of rotatable bonds is 2. The second-order valence-electron chi connectivity index (χ2n) is 3.71. The van der Waals surface area contributed by atoms with Gasteiger partial charge in [0.25, 0.3) is 0 Å². The minimum absolute atomic E-state index is 0.0854. The molecule has 0 spiro atoms. The van der Waals surface area contributed by atoms with Crippen LogP contribution in [0.2, 0.25) is 10.0 Å². The highest BCUT2D eigenvalue weighted by Gasteiger charge is 2.27. The molecule has 0 saturated carbocycles. The quantitative estimate of drug-likeness (QED) is 0.649. The number of benzene rings is 1. The van der Waals surface area contributed by atoms with Crippen LogP contribution in [0.1, 0.15) is 0 Å². The molecular formula is C10H8Cl2F3N5. The van der Waals surface area contributed by atoms with Crippen molar-refractivity contribution in [1.82, 2.24) is 10.9 Å². The summed E-state index contributed by atoms with van der Waals surface area (Å²) in [5.41, 5.74) is 3.60. The Hall–Kier alpha value is -1.51. The van der Waals surface area contributed by atoms with Crippen LogP contribution in [0.25, 0.3) is 0 Å². The minimum atomic E-state index is -4.56. The molecule has 0 saturated heterocycles. The number of guanidine groups is 1. The first-order chi connectivity index (χ1) is 9.33. The maximum Gasteiger partial charge on any atom is 0.474 e. The molecule has 2 N–H and O–H groups in total. The molecule has 1 aliphatic heterocycles. The number of hydrazine groups is 1. The molecule has 0 bridgehead atoms. The molecule has 0 amide bonds. The van der Waals surface area contributed by atoms with Crippen molar-refractivity contribution < 1.29 is 13.2 Å². The molecular weight excluding hydrogens is 318 g/mol. The van der Waals surface area contributed by atoms with E-state index < -0.39 is 6.30 Å². The van der Waals surface area contributed by atoms with Crippen LogP contribution in [0.3, 0.4) is 0 Å². The molecule has 0 aliphatic carbocycles. The third-order valence-electron chi connectivity index (χ3n) is 2.19. The van der Waals surface area contributed by atoms with Crippen molar-refractivity contribution in [3.8, 4) is 0 Å². The summed E-state index contributed by atoms with van der Waals surface area (Å²) in [4.78, 5) is 9.16. The minimum Gasteiger partial charge on any atom is -0.312 e. The van der Waals surface area contributed by atoms with Gasteiger partial charge in [-0.1, -0.05) is 23.2 Å². The summed E-state index contributed by atoms with van der Waals surface area (Å²) in [5, 5.41) is 0.875. The second-order valence-corrected chi connectivity index (χ2v) is 4.59. The summed E-state index contributed by atoms with van der Waals surface area (Å²) in [6, 6.07) is 4.85. The Morgan fingerprint density at radius 1 is 1.15 bits per heavy atom. The van der Waals surface area contributed by atoms with Crippen LogP contribution in [-0.4, -0.2) is 25.3 Å². The van der Waals surface area contributed by atoms with Crippen molar-refractivity contribution in [3.63, 3.8) is 0 Å². The Bertz CT molecular complexity index is 538. The zero-order valence-electron chi connectivity index (χ0n) is 9.75. The van der Waals surface area contributed by atoms with Gasteiger partial charge in [0, 0.05) is 15.7 Å². The second kappa shape index (κ2) is 5.86. The summed E-state index contributed by atoms with van der Waals surface area (Å²) in [7, 11) is 0. The zero-order valence-corrected chi connectivity index (χ0v) is 11.3. The first-order valence-electron chi connectivity index (χ1n) is 5.25. The summed E-state index contributed by atoms with van der Waals surface area (Å²) in [6.07, 6.45) is -3.23. The summed E-state index contributed by atoms with van der Waals surface area (Å²) in [6.45, 7) is 0.0854. The molecule has 1 aliphatic rings. The lowest BCUT2D eigenvalue weighted by Gasteiger charge is -2.22. The number of anilines is 1. The predicted molar refractivity (Wildman–Crippen MR) is 72.1 cm³/mol. The Balaban J connectivity index is 2.00. The molecule has 0 unspecified atom stereocenters. The highest BCUT2D eigenvalue weighted by Crippen LogP contribution is 2.25. The van der Waals surface area contributed by atoms with Crippen LogP contribution < -0.4 is 15.8 Å². The average Bonchev–Trinajstić information content (AvgIpc) is 2.35. The van der Waals surface area contributed by atoms with Crippen molar-refractivity contribution >= 4 is 41.2 Å². The number of nitrogens with zero attached hydrogens (tertiary/aromatic N) is 3. The lowest BCUT2D eigenvalue weighted by Crippen LogP contribution is -2.47. The fourth-order valence-electron chi connectivity index (χ4n) is 1.40. The molecule has 1 aromatic rings. The Kier molecular flexibility index (Phi) is 4.36. The number of hydrogen-bond donors (Lipinski definition) is 2. The number of hydrogen-bond acceptors (Lipinski definition) is 5. The van der Waals surface area contributed by atoms with Crippen LogP contribution in [0.5, 0.6) is 0 Å². The lowest BCUT2D eigenvalue weighted by molar-refractivity contribution is -0.162. The fourth-order valence-corrected chi connectivity index (χ4v) is 1.91. The van der Waals surface area contributed by atoms with Gasteiger partial charge in [-0.25, -0.2) is 9.98 Å². The van der Waals surface area contributed by atoms with E-state index in [1.807, 2.05) is 5.43 Å². The molecule has 0 atom stereocenters. The van der Waals surface area contributed by atoms with Crippen LogP contribution >= 0.6 is 23.2 Å². The SMILES string of the molecule is FC(F)(F)NNC1=NCN(c2cc(Cl)cc(Cl)c2)C=N1. The van der Waals surface area contributed by atoms with E-state index in [0.29, 0.717) is 15.7 Å². The van der Waals surface area contributed by atoms with Gasteiger partial charge in [-0.3, -0.25) is 5.43 Å². The van der Waals surface area contributed by atoms with Crippen LogP contribution in [0.4, 0.5) is 18.9 Å². The number of nitrogens with one attached hydrogen (secondary N) is 2. The fraction of sp³-hybridized carbons (Fsp3) is 0.200. The first kappa shape index (κ1) is 14.9. The van der Waals surface area contributed by atoms with E-state index in [0.717, 1.165) is 5.43 Å². The van der Waals surface area contributed by atoms with Gasteiger partial charge in [-0.2, -0.15) is 13.2 Å². The highest BCUT2D eigenvalue weighted by molar-refractivity contribution is 6.35. The van der Waals surface area contributed by atoms with Gasteiger partial charge in [0.05, 0.1) is 0 Å². The van der Waals surface area contributed by atoms with E-state index in [1.54, 1.807) is 23.1 Å². The largest absolute Gasteiger partial charge is 0.474 e. The van der Waals surface area contributed by atoms with E-state index in [9.17, 15) is 13.2 Å². The topological polar surface area (TPSA) is 52.0 Å². The molecule has 0 fully saturated rings. The average molecular weight is 326 g/mol. The molecule has 0 radical (unpaired) electrons. The highest BCUT2D eigenvalue weighted by atomic mass is 35.5. The maximum atomic E-state index is 11.9. The molecule has 108 valence electrons. The molecule has 1 aromatic carbocycles. The third-order valence-corrected chi connectivity index (χ3v) is 2.62. The van der Waals surface area contributed by atoms with Gasteiger partial charge in [-0.05, 0) is 18.2 Å². The van der Waals surface area contributed by atoms with E-state index in [4.69, 9.17) is 23.2 Å². The number of alkyl halides is 3. The molecule has 20 heavy (non-hydrogen) atoms. The van der Waals surface area contributed by atoms with Gasteiger partial charge in [-0.15, -0.1) is 5.43 Å². The van der Waals surface area contributed by atoms with Gasteiger partial charge in [0.15, 0.2) is 0 Å². The smallest absolute Gasteiger partial charge is 0.312 e. The summed E-state index contributed by atoms with van der Waals surface area (Å²) in [5.74, 6) is -0.174. The predicted octanol–water partition coefficient (Wildman–Crippen LogP) is 2.77. The Morgan fingerprint density at radius 3 is 2.30 bits per heavy atom. The van der Waals surface area contributed by atoms with Gasteiger partial charge in [0.2, 0.25) is 5.96 Å². The van der Waals surface area contributed by atoms with E-state index in [-0.39, 0.29) is 12.6 Å². The first-order valence-corrected chi connectivity index (χ1v) is 6.00. The normalized spacial score (nSPS) is 15.2.